The standard InChI is InChI=1S/C14H24N4/c1-2-8-17-9-5-13(6-10-17)18-11-7-15-14(18)16-12-3-4-12/h7,11-13H,2-6,8-10H2,1H3,(H,15,16). The predicted molar refractivity (Wildman–Crippen MR) is 73.9 cm³/mol. The second kappa shape index (κ2) is 5.31. The molecule has 4 nitrogen and oxygen atoms in total. The number of likely N-dealkylation sites (tertiary alicyclic amines) is 1. The first-order chi connectivity index (χ1) is 8.86. The van der Waals surface area contributed by atoms with Gasteiger partial charge < -0.3 is 14.8 Å². The minimum Gasteiger partial charge on any atom is -0.353 e. The highest BCUT2D eigenvalue weighted by molar-refractivity contribution is 5.30. The summed E-state index contributed by atoms with van der Waals surface area (Å²) in [6, 6.07) is 1.33. The first-order valence-electron chi connectivity index (χ1n) is 7.38. The average molecular weight is 248 g/mol. The number of piperidine rings is 1. The third kappa shape index (κ3) is 2.69. The van der Waals surface area contributed by atoms with Crippen molar-refractivity contribution in [3.63, 3.8) is 0 Å². The molecule has 0 atom stereocenters. The van der Waals surface area contributed by atoms with Crippen LogP contribution in [0.1, 0.15) is 45.1 Å². The molecule has 1 aliphatic carbocycles. The number of anilines is 1. The summed E-state index contributed by atoms with van der Waals surface area (Å²) in [4.78, 5) is 7.05. The Morgan fingerprint density at radius 1 is 1.28 bits per heavy atom. The van der Waals surface area contributed by atoms with Crippen LogP contribution in [0.2, 0.25) is 0 Å². The molecule has 1 saturated heterocycles. The molecule has 2 heterocycles. The van der Waals surface area contributed by atoms with Gasteiger partial charge in [-0.05, 0) is 38.6 Å². The number of hydrogen-bond donors (Lipinski definition) is 1. The van der Waals surface area contributed by atoms with Crippen LogP contribution in [-0.4, -0.2) is 40.1 Å². The van der Waals surface area contributed by atoms with Crippen molar-refractivity contribution in [2.75, 3.05) is 25.0 Å². The summed E-state index contributed by atoms with van der Waals surface area (Å²) >= 11 is 0. The van der Waals surface area contributed by atoms with E-state index in [1.165, 1.54) is 51.7 Å². The van der Waals surface area contributed by atoms with Crippen LogP contribution in [0.25, 0.3) is 0 Å². The Kier molecular flexibility index (Phi) is 3.55. The second-order valence-corrected chi connectivity index (χ2v) is 5.65. The largest absolute Gasteiger partial charge is 0.353 e. The van der Waals surface area contributed by atoms with E-state index in [4.69, 9.17) is 0 Å². The summed E-state index contributed by atoms with van der Waals surface area (Å²) < 4.78 is 2.36. The number of rotatable bonds is 5. The van der Waals surface area contributed by atoms with Crippen molar-refractivity contribution in [3.8, 4) is 0 Å². The monoisotopic (exact) mass is 248 g/mol. The number of nitrogens with one attached hydrogen (secondary N) is 1. The topological polar surface area (TPSA) is 33.1 Å². The zero-order valence-corrected chi connectivity index (χ0v) is 11.3. The number of nitrogens with zero attached hydrogens (tertiary/aromatic N) is 3. The first kappa shape index (κ1) is 12.0. The van der Waals surface area contributed by atoms with Gasteiger partial charge in [0.2, 0.25) is 5.95 Å². The molecule has 3 rings (SSSR count). The van der Waals surface area contributed by atoms with Crippen molar-refractivity contribution in [1.82, 2.24) is 14.5 Å². The molecular formula is C14H24N4. The summed E-state index contributed by atoms with van der Waals surface area (Å²) in [7, 11) is 0. The van der Waals surface area contributed by atoms with E-state index >= 15 is 0 Å². The molecule has 1 aliphatic heterocycles. The van der Waals surface area contributed by atoms with Crippen LogP contribution in [0.4, 0.5) is 5.95 Å². The molecule has 0 spiro atoms. The van der Waals surface area contributed by atoms with Crippen LogP contribution in [0, 0.1) is 0 Å². The smallest absolute Gasteiger partial charge is 0.203 e. The first-order valence-corrected chi connectivity index (χ1v) is 7.38. The van der Waals surface area contributed by atoms with Crippen molar-refractivity contribution >= 4 is 5.95 Å². The molecule has 1 N–H and O–H groups in total. The lowest BCUT2D eigenvalue weighted by Crippen LogP contribution is -2.35. The molecule has 2 fully saturated rings. The third-order valence-corrected chi connectivity index (χ3v) is 4.07. The number of hydrogen-bond acceptors (Lipinski definition) is 3. The van der Waals surface area contributed by atoms with E-state index in [-0.39, 0.29) is 0 Å². The summed E-state index contributed by atoms with van der Waals surface area (Å²) in [6.07, 6.45) is 10.5. The molecule has 0 unspecified atom stereocenters. The fourth-order valence-corrected chi connectivity index (χ4v) is 2.87. The van der Waals surface area contributed by atoms with Gasteiger partial charge in [0.25, 0.3) is 0 Å². The number of aromatic nitrogens is 2. The minimum atomic E-state index is 0.641. The molecule has 18 heavy (non-hydrogen) atoms. The Balaban J connectivity index is 1.59. The Morgan fingerprint density at radius 3 is 2.72 bits per heavy atom. The quantitative estimate of drug-likeness (QED) is 0.869. The van der Waals surface area contributed by atoms with Crippen molar-refractivity contribution in [3.05, 3.63) is 12.4 Å². The van der Waals surface area contributed by atoms with Crippen LogP contribution in [0.15, 0.2) is 12.4 Å². The Labute approximate surface area is 109 Å². The van der Waals surface area contributed by atoms with Gasteiger partial charge in [0.15, 0.2) is 0 Å². The Bertz CT molecular complexity index is 375. The highest BCUT2D eigenvalue weighted by Gasteiger charge is 2.25. The average Bonchev–Trinajstić information content (AvgIpc) is 3.08. The highest BCUT2D eigenvalue weighted by atomic mass is 15.2. The van der Waals surface area contributed by atoms with Gasteiger partial charge in [-0.2, -0.15) is 0 Å². The van der Waals surface area contributed by atoms with E-state index in [9.17, 15) is 0 Å². The second-order valence-electron chi connectivity index (χ2n) is 5.65. The lowest BCUT2D eigenvalue weighted by Gasteiger charge is -2.33. The van der Waals surface area contributed by atoms with E-state index in [1.54, 1.807) is 0 Å². The van der Waals surface area contributed by atoms with Crippen molar-refractivity contribution in [2.45, 2.75) is 51.1 Å². The molecule has 0 aromatic carbocycles. The number of imidazole rings is 1. The zero-order valence-electron chi connectivity index (χ0n) is 11.3. The van der Waals surface area contributed by atoms with Gasteiger partial charge in [-0.15, -0.1) is 0 Å². The van der Waals surface area contributed by atoms with Gasteiger partial charge in [0.1, 0.15) is 0 Å². The molecular weight excluding hydrogens is 224 g/mol. The van der Waals surface area contributed by atoms with Crippen LogP contribution in [0.5, 0.6) is 0 Å². The molecule has 1 aromatic rings. The Morgan fingerprint density at radius 2 is 2.06 bits per heavy atom. The maximum Gasteiger partial charge on any atom is 0.203 e. The SMILES string of the molecule is CCCN1CCC(n2ccnc2NC2CC2)CC1. The van der Waals surface area contributed by atoms with Gasteiger partial charge in [-0.25, -0.2) is 4.98 Å². The molecule has 4 heteroatoms. The molecule has 1 aromatic heterocycles. The minimum absolute atomic E-state index is 0.641. The summed E-state index contributed by atoms with van der Waals surface area (Å²) in [5, 5.41) is 3.54. The van der Waals surface area contributed by atoms with Gasteiger partial charge in [0, 0.05) is 37.6 Å². The highest BCUT2D eigenvalue weighted by Crippen LogP contribution is 2.29. The van der Waals surface area contributed by atoms with E-state index in [1.807, 2.05) is 6.20 Å². The molecule has 0 radical (unpaired) electrons. The van der Waals surface area contributed by atoms with Gasteiger partial charge in [-0.1, -0.05) is 6.92 Å². The predicted octanol–water partition coefficient (Wildman–Crippen LogP) is 2.50. The lowest BCUT2D eigenvalue weighted by molar-refractivity contribution is 0.187. The van der Waals surface area contributed by atoms with Gasteiger partial charge >= 0.3 is 0 Å². The van der Waals surface area contributed by atoms with Crippen LogP contribution < -0.4 is 5.32 Å². The fraction of sp³-hybridized carbons (Fsp3) is 0.786. The lowest BCUT2D eigenvalue weighted by atomic mass is 10.0. The van der Waals surface area contributed by atoms with Gasteiger partial charge in [0.05, 0.1) is 0 Å². The van der Waals surface area contributed by atoms with E-state index < -0.39 is 0 Å². The van der Waals surface area contributed by atoms with E-state index in [0.29, 0.717) is 12.1 Å². The molecule has 100 valence electrons. The van der Waals surface area contributed by atoms with E-state index in [0.717, 1.165) is 5.95 Å². The summed E-state index contributed by atoms with van der Waals surface area (Å²) in [6.45, 7) is 5.99. The molecule has 1 saturated carbocycles. The Hall–Kier alpha value is -1.03. The van der Waals surface area contributed by atoms with E-state index in [2.05, 4.69) is 32.9 Å². The maximum atomic E-state index is 4.47. The molecule has 0 amide bonds. The summed E-state index contributed by atoms with van der Waals surface area (Å²) in [5.74, 6) is 1.09. The fourth-order valence-electron chi connectivity index (χ4n) is 2.87. The zero-order chi connectivity index (χ0) is 12.4. The van der Waals surface area contributed by atoms with Crippen molar-refractivity contribution in [2.24, 2.45) is 0 Å². The van der Waals surface area contributed by atoms with Crippen LogP contribution in [0.3, 0.4) is 0 Å². The third-order valence-electron chi connectivity index (χ3n) is 4.07. The molecule has 2 aliphatic rings. The van der Waals surface area contributed by atoms with Gasteiger partial charge in [-0.3, -0.25) is 0 Å². The van der Waals surface area contributed by atoms with Crippen LogP contribution in [-0.2, 0) is 0 Å². The normalized spacial score (nSPS) is 22.3. The van der Waals surface area contributed by atoms with Crippen molar-refractivity contribution in [1.29, 1.82) is 0 Å². The maximum absolute atomic E-state index is 4.47. The summed E-state index contributed by atoms with van der Waals surface area (Å²) in [5.41, 5.74) is 0. The molecule has 0 bridgehead atoms. The van der Waals surface area contributed by atoms with Crippen molar-refractivity contribution < 1.29 is 0 Å². The van der Waals surface area contributed by atoms with Crippen LogP contribution >= 0.6 is 0 Å².